The highest BCUT2D eigenvalue weighted by atomic mass is 79.9. The molecule has 1 saturated heterocycles. The number of halogens is 1. The number of benzene rings is 1. The minimum absolute atomic E-state index is 0.0434. The molecule has 0 saturated carbocycles. The van der Waals surface area contributed by atoms with Gasteiger partial charge in [-0.2, -0.15) is 0 Å². The fourth-order valence-electron chi connectivity index (χ4n) is 2.70. The number of carbonyl (C=O) groups is 2. The Balaban J connectivity index is 2.05. The van der Waals surface area contributed by atoms with Crippen molar-refractivity contribution in [2.45, 2.75) is 38.8 Å². The molecule has 1 atom stereocenters. The van der Waals surface area contributed by atoms with Crippen molar-refractivity contribution in [2.24, 2.45) is 0 Å². The zero-order chi connectivity index (χ0) is 18.8. The lowest BCUT2D eigenvalue weighted by molar-refractivity contribution is 0.0279. The molecule has 0 radical (unpaired) electrons. The summed E-state index contributed by atoms with van der Waals surface area (Å²) in [6.45, 7) is 6.58. The highest BCUT2D eigenvalue weighted by molar-refractivity contribution is 9.10. The monoisotopic (exact) mass is 412 g/mol. The Morgan fingerprint density at radius 3 is 2.60 bits per heavy atom. The molecular weight excluding hydrogens is 388 g/mol. The lowest BCUT2D eigenvalue weighted by Crippen LogP contribution is -2.41. The molecule has 1 heterocycles. The van der Waals surface area contributed by atoms with Crippen molar-refractivity contribution in [3.8, 4) is 5.75 Å². The molecule has 7 heteroatoms. The van der Waals surface area contributed by atoms with Crippen LogP contribution in [0.5, 0.6) is 5.75 Å². The molecule has 1 aliphatic rings. The van der Waals surface area contributed by atoms with Crippen LogP contribution in [0.15, 0.2) is 22.7 Å². The van der Waals surface area contributed by atoms with Crippen molar-refractivity contribution in [3.05, 3.63) is 28.2 Å². The maximum Gasteiger partial charge on any atom is 0.410 e. The second kappa shape index (κ2) is 7.64. The Bertz CT molecular complexity index is 657. The Hall–Kier alpha value is -1.76. The van der Waals surface area contributed by atoms with Crippen LogP contribution in [-0.4, -0.2) is 60.7 Å². The third-order valence-corrected chi connectivity index (χ3v) is 4.78. The fraction of sp³-hybridized carbons (Fsp3) is 0.556. The molecule has 6 nitrogen and oxygen atoms in total. The van der Waals surface area contributed by atoms with Gasteiger partial charge in [0.15, 0.2) is 0 Å². The minimum atomic E-state index is -0.525. The van der Waals surface area contributed by atoms with Crippen LogP contribution in [0.2, 0.25) is 0 Å². The molecule has 1 aromatic rings. The van der Waals surface area contributed by atoms with Crippen LogP contribution >= 0.6 is 15.9 Å². The highest BCUT2D eigenvalue weighted by Gasteiger charge is 2.34. The predicted molar refractivity (Wildman–Crippen MR) is 99.0 cm³/mol. The van der Waals surface area contributed by atoms with Gasteiger partial charge in [0.2, 0.25) is 0 Å². The number of carbonyl (C=O) groups excluding carboxylic acids is 2. The maximum atomic E-state index is 12.8. The molecule has 0 unspecified atom stereocenters. The van der Waals surface area contributed by atoms with E-state index in [2.05, 4.69) is 15.9 Å². The first-order valence-electron chi connectivity index (χ1n) is 8.21. The van der Waals surface area contributed by atoms with Gasteiger partial charge in [-0.1, -0.05) is 0 Å². The summed E-state index contributed by atoms with van der Waals surface area (Å²) in [6.07, 6.45) is 0.390. The molecule has 1 aromatic carbocycles. The van der Waals surface area contributed by atoms with Gasteiger partial charge < -0.3 is 19.3 Å². The van der Waals surface area contributed by atoms with Crippen molar-refractivity contribution >= 4 is 27.9 Å². The molecule has 138 valence electrons. The first-order valence-corrected chi connectivity index (χ1v) is 9.00. The van der Waals surface area contributed by atoms with Gasteiger partial charge in [0.05, 0.1) is 18.7 Å². The highest BCUT2D eigenvalue weighted by Crippen LogP contribution is 2.26. The van der Waals surface area contributed by atoms with E-state index in [4.69, 9.17) is 9.47 Å². The third-order valence-electron chi connectivity index (χ3n) is 4.09. The number of likely N-dealkylation sites (tertiary alicyclic amines) is 1. The quantitative estimate of drug-likeness (QED) is 0.761. The van der Waals surface area contributed by atoms with Crippen molar-refractivity contribution in [1.29, 1.82) is 0 Å². The van der Waals surface area contributed by atoms with Crippen LogP contribution in [-0.2, 0) is 4.74 Å². The van der Waals surface area contributed by atoms with E-state index >= 15 is 0 Å². The number of rotatable bonds is 3. The zero-order valence-corrected chi connectivity index (χ0v) is 16.9. The maximum absolute atomic E-state index is 12.8. The largest absolute Gasteiger partial charge is 0.497 e. The average molecular weight is 413 g/mol. The summed E-state index contributed by atoms with van der Waals surface area (Å²) in [6, 6.07) is 5.25. The summed E-state index contributed by atoms with van der Waals surface area (Å²) in [5.74, 6) is 0.517. The second-order valence-corrected chi connectivity index (χ2v) is 7.99. The summed E-state index contributed by atoms with van der Waals surface area (Å²) in [5, 5.41) is 0. The van der Waals surface area contributed by atoms with E-state index in [1.165, 1.54) is 0 Å². The van der Waals surface area contributed by atoms with E-state index < -0.39 is 5.60 Å². The Labute approximate surface area is 157 Å². The van der Waals surface area contributed by atoms with Gasteiger partial charge >= 0.3 is 6.09 Å². The number of amides is 2. The summed E-state index contributed by atoms with van der Waals surface area (Å²) in [7, 11) is 3.33. The molecule has 0 aromatic heterocycles. The van der Waals surface area contributed by atoms with Crippen LogP contribution in [0.25, 0.3) is 0 Å². The van der Waals surface area contributed by atoms with Crippen LogP contribution < -0.4 is 4.74 Å². The Kier molecular flexibility index (Phi) is 5.98. The Morgan fingerprint density at radius 2 is 2.00 bits per heavy atom. The Morgan fingerprint density at radius 1 is 1.32 bits per heavy atom. The molecule has 0 spiro atoms. The van der Waals surface area contributed by atoms with Gasteiger partial charge in [-0.25, -0.2) is 4.79 Å². The second-order valence-electron chi connectivity index (χ2n) is 7.13. The topological polar surface area (TPSA) is 59.1 Å². The molecule has 0 aliphatic carbocycles. The normalized spacial score (nSPS) is 17.4. The fourth-order valence-corrected chi connectivity index (χ4v) is 3.12. The van der Waals surface area contributed by atoms with E-state index in [1.54, 1.807) is 42.2 Å². The van der Waals surface area contributed by atoms with Crippen LogP contribution in [0, 0.1) is 0 Å². The molecule has 2 rings (SSSR count). The SMILES string of the molecule is COc1ccc(Br)c(C(=O)N(C)[C@H]2CCN(C(=O)OC(C)(C)C)C2)c1. The van der Waals surface area contributed by atoms with Gasteiger partial charge in [0.25, 0.3) is 5.91 Å². The smallest absolute Gasteiger partial charge is 0.410 e. The number of hydrogen-bond donors (Lipinski definition) is 0. The number of methoxy groups -OCH3 is 1. The summed E-state index contributed by atoms with van der Waals surface area (Å²) in [5.41, 5.74) is 0.0140. The lowest BCUT2D eigenvalue weighted by Gasteiger charge is -2.27. The van der Waals surface area contributed by atoms with E-state index in [-0.39, 0.29) is 18.0 Å². The number of likely N-dealkylation sites (N-methyl/N-ethyl adjacent to an activating group) is 1. The van der Waals surface area contributed by atoms with Crippen molar-refractivity contribution in [1.82, 2.24) is 9.80 Å². The van der Waals surface area contributed by atoms with Crippen LogP contribution in [0.1, 0.15) is 37.6 Å². The van der Waals surface area contributed by atoms with Gasteiger partial charge in [0.1, 0.15) is 11.4 Å². The van der Waals surface area contributed by atoms with Crippen molar-refractivity contribution < 1.29 is 19.1 Å². The molecular formula is C18H25BrN2O4. The molecule has 0 N–H and O–H groups in total. The van der Waals surface area contributed by atoms with E-state index in [9.17, 15) is 9.59 Å². The summed E-state index contributed by atoms with van der Waals surface area (Å²) >= 11 is 3.42. The van der Waals surface area contributed by atoms with Gasteiger partial charge in [-0.3, -0.25) is 4.79 Å². The summed E-state index contributed by atoms with van der Waals surface area (Å²) in [4.78, 5) is 28.4. The van der Waals surface area contributed by atoms with E-state index in [0.29, 0.717) is 28.9 Å². The van der Waals surface area contributed by atoms with Crippen molar-refractivity contribution in [2.75, 3.05) is 27.2 Å². The molecule has 2 amide bonds. The average Bonchev–Trinajstić information content (AvgIpc) is 3.02. The first-order chi connectivity index (χ1) is 11.6. The zero-order valence-electron chi connectivity index (χ0n) is 15.3. The van der Waals surface area contributed by atoms with E-state index in [0.717, 1.165) is 6.42 Å². The standard InChI is InChI=1S/C18H25BrN2O4/c1-18(2,3)25-17(23)21-9-8-12(11-21)20(4)16(22)14-10-13(24-5)6-7-15(14)19/h6-7,10,12H,8-9,11H2,1-5H3/t12-/m0/s1. The van der Waals surface area contributed by atoms with E-state index in [1.807, 2.05) is 20.8 Å². The summed E-state index contributed by atoms with van der Waals surface area (Å²) < 4.78 is 11.3. The third kappa shape index (κ3) is 4.87. The molecule has 1 aliphatic heterocycles. The number of ether oxygens (including phenoxy) is 2. The van der Waals surface area contributed by atoms with Gasteiger partial charge in [0, 0.05) is 24.6 Å². The predicted octanol–water partition coefficient (Wildman–Crippen LogP) is 3.54. The van der Waals surface area contributed by atoms with Crippen molar-refractivity contribution in [3.63, 3.8) is 0 Å². The molecule has 1 fully saturated rings. The number of hydrogen-bond acceptors (Lipinski definition) is 4. The lowest BCUT2D eigenvalue weighted by atomic mass is 10.1. The van der Waals surface area contributed by atoms with Gasteiger partial charge in [-0.15, -0.1) is 0 Å². The number of nitrogens with zero attached hydrogens (tertiary/aromatic N) is 2. The van der Waals surface area contributed by atoms with Crippen LogP contribution in [0.3, 0.4) is 0 Å². The van der Waals surface area contributed by atoms with Gasteiger partial charge in [-0.05, 0) is 61.3 Å². The van der Waals surface area contributed by atoms with Crippen LogP contribution in [0.4, 0.5) is 4.79 Å². The molecule has 0 bridgehead atoms. The first kappa shape index (κ1) is 19.6. The molecule has 25 heavy (non-hydrogen) atoms. The minimum Gasteiger partial charge on any atom is -0.497 e.